The molecule has 4 aliphatic rings. The van der Waals surface area contributed by atoms with Crippen LogP contribution in [0.1, 0.15) is 38.5 Å². The molecular weight excluding hydrogens is 204 g/mol. The predicted octanol–water partition coefficient (Wildman–Crippen LogP) is 2.30. The SMILES string of the molecule is O=C(O)COCC12CC3CC(CC(C3)C1)C2. The first-order valence-electron chi connectivity index (χ1n) is 6.45. The Balaban J connectivity index is 1.62. The van der Waals surface area contributed by atoms with Crippen molar-refractivity contribution in [2.75, 3.05) is 13.2 Å². The lowest BCUT2D eigenvalue weighted by Gasteiger charge is -2.56. The molecule has 0 aromatic rings. The smallest absolute Gasteiger partial charge is 0.329 e. The molecule has 0 spiro atoms. The van der Waals surface area contributed by atoms with E-state index >= 15 is 0 Å². The number of carboxylic acid groups (broad SMARTS) is 1. The Morgan fingerprint density at radius 2 is 1.62 bits per heavy atom. The van der Waals surface area contributed by atoms with E-state index in [4.69, 9.17) is 9.84 Å². The summed E-state index contributed by atoms with van der Waals surface area (Å²) in [6.07, 6.45) is 8.16. The number of hydrogen-bond acceptors (Lipinski definition) is 2. The van der Waals surface area contributed by atoms with Crippen molar-refractivity contribution in [3.63, 3.8) is 0 Å². The maximum Gasteiger partial charge on any atom is 0.329 e. The van der Waals surface area contributed by atoms with Crippen molar-refractivity contribution < 1.29 is 14.6 Å². The second-order valence-electron chi connectivity index (χ2n) is 6.30. The van der Waals surface area contributed by atoms with Crippen molar-refractivity contribution >= 4 is 5.97 Å². The molecule has 4 bridgehead atoms. The molecule has 0 aliphatic heterocycles. The van der Waals surface area contributed by atoms with Crippen molar-refractivity contribution in [3.8, 4) is 0 Å². The third kappa shape index (κ3) is 1.86. The van der Waals surface area contributed by atoms with Crippen LogP contribution >= 0.6 is 0 Å². The highest BCUT2D eigenvalue weighted by atomic mass is 16.5. The van der Waals surface area contributed by atoms with E-state index in [0.717, 1.165) is 17.8 Å². The maximum atomic E-state index is 10.5. The lowest BCUT2D eigenvalue weighted by atomic mass is 9.50. The summed E-state index contributed by atoms with van der Waals surface area (Å²) in [5.41, 5.74) is 0.351. The highest BCUT2D eigenvalue weighted by molar-refractivity contribution is 5.67. The molecule has 0 saturated heterocycles. The number of aliphatic carboxylic acids is 1. The van der Waals surface area contributed by atoms with Crippen LogP contribution < -0.4 is 0 Å². The highest BCUT2D eigenvalue weighted by Crippen LogP contribution is 2.59. The van der Waals surface area contributed by atoms with E-state index in [9.17, 15) is 4.79 Å². The lowest BCUT2D eigenvalue weighted by Crippen LogP contribution is -2.48. The van der Waals surface area contributed by atoms with Gasteiger partial charge in [-0.25, -0.2) is 4.79 Å². The molecule has 16 heavy (non-hydrogen) atoms. The number of ether oxygens (including phenoxy) is 1. The molecule has 0 amide bonds. The Hall–Kier alpha value is -0.570. The summed E-state index contributed by atoms with van der Waals surface area (Å²) in [6, 6.07) is 0. The van der Waals surface area contributed by atoms with E-state index in [1.165, 1.54) is 38.5 Å². The Kier molecular flexibility index (Phi) is 2.46. The molecule has 0 heterocycles. The van der Waals surface area contributed by atoms with Crippen molar-refractivity contribution in [1.82, 2.24) is 0 Å². The fraction of sp³-hybridized carbons (Fsp3) is 0.923. The van der Waals surface area contributed by atoms with Gasteiger partial charge < -0.3 is 9.84 Å². The minimum absolute atomic E-state index is 0.123. The molecule has 0 radical (unpaired) electrons. The molecule has 0 aromatic heterocycles. The predicted molar refractivity (Wildman–Crippen MR) is 59.1 cm³/mol. The number of carboxylic acids is 1. The summed E-state index contributed by atoms with van der Waals surface area (Å²) in [4.78, 5) is 10.5. The zero-order chi connectivity index (χ0) is 11.2. The van der Waals surface area contributed by atoms with Crippen molar-refractivity contribution in [2.24, 2.45) is 23.2 Å². The van der Waals surface area contributed by atoms with Crippen LogP contribution in [0.5, 0.6) is 0 Å². The zero-order valence-electron chi connectivity index (χ0n) is 9.65. The first-order chi connectivity index (χ1) is 7.65. The van der Waals surface area contributed by atoms with Crippen LogP contribution in [-0.4, -0.2) is 24.3 Å². The summed E-state index contributed by atoms with van der Waals surface area (Å²) >= 11 is 0. The van der Waals surface area contributed by atoms with E-state index in [1.807, 2.05) is 0 Å². The molecule has 0 unspecified atom stereocenters. The van der Waals surface area contributed by atoms with E-state index in [0.29, 0.717) is 12.0 Å². The number of carbonyl (C=O) groups is 1. The van der Waals surface area contributed by atoms with Crippen molar-refractivity contribution in [2.45, 2.75) is 38.5 Å². The Labute approximate surface area is 96.2 Å². The van der Waals surface area contributed by atoms with Crippen molar-refractivity contribution in [3.05, 3.63) is 0 Å². The van der Waals surface area contributed by atoms with Crippen LogP contribution in [0, 0.1) is 23.2 Å². The second-order valence-corrected chi connectivity index (χ2v) is 6.30. The molecule has 1 N–H and O–H groups in total. The average Bonchev–Trinajstić information content (AvgIpc) is 2.13. The Morgan fingerprint density at radius 3 is 2.06 bits per heavy atom. The topological polar surface area (TPSA) is 46.5 Å². The van der Waals surface area contributed by atoms with Gasteiger partial charge in [0, 0.05) is 0 Å². The fourth-order valence-corrected chi connectivity index (χ4v) is 4.82. The van der Waals surface area contributed by atoms with Crippen molar-refractivity contribution in [1.29, 1.82) is 0 Å². The lowest BCUT2D eigenvalue weighted by molar-refractivity contribution is -0.147. The van der Waals surface area contributed by atoms with Gasteiger partial charge in [0.2, 0.25) is 0 Å². The van der Waals surface area contributed by atoms with Crippen LogP contribution in [0.4, 0.5) is 0 Å². The molecule has 0 aromatic carbocycles. The standard InChI is InChI=1S/C13H20O3/c14-12(15)7-16-8-13-4-9-1-10(5-13)3-11(2-9)6-13/h9-11H,1-8H2,(H,14,15). The van der Waals surface area contributed by atoms with Gasteiger partial charge in [-0.1, -0.05) is 0 Å². The molecule has 90 valence electrons. The van der Waals surface area contributed by atoms with Gasteiger partial charge in [-0.05, 0) is 61.7 Å². The first kappa shape index (κ1) is 10.6. The normalized spacial score (nSPS) is 44.9. The monoisotopic (exact) mass is 224 g/mol. The number of hydrogen-bond donors (Lipinski definition) is 1. The molecule has 3 nitrogen and oxygen atoms in total. The van der Waals surface area contributed by atoms with Crippen LogP contribution in [-0.2, 0) is 9.53 Å². The molecule has 0 atom stereocenters. The van der Waals surface area contributed by atoms with Crippen LogP contribution in [0.25, 0.3) is 0 Å². The van der Waals surface area contributed by atoms with Gasteiger partial charge >= 0.3 is 5.97 Å². The van der Waals surface area contributed by atoms with Gasteiger partial charge in [0.15, 0.2) is 0 Å². The van der Waals surface area contributed by atoms with E-state index in [1.54, 1.807) is 0 Å². The summed E-state index contributed by atoms with van der Waals surface area (Å²) < 4.78 is 5.38. The molecule has 4 fully saturated rings. The number of rotatable bonds is 4. The van der Waals surface area contributed by atoms with Crippen LogP contribution in [0.15, 0.2) is 0 Å². The Morgan fingerprint density at radius 1 is 1.12 bits per heavy atom. The highest BCUT2D eigenvalue weighted by Gasteiger charge is 2.50. The summed E-state index contributed by atoms with van der Waals surface area (Å²) in [7, 11) is 0. The maximum absolute atomic E-state index is 10.5. The zero-order valence-corrected chi connectivity index (χ0v) is 9.65. The minimum atomic E-state index is -0.843. The minimum Gasteiger partial charge on any atom is -0.480 e. The molecular formula is C13H20O3. The average molecular weight is 224 g/mol. The summed E-state index contributed by atoms with van der Waals surface area (Å²) in [6.45, 7) is 0.560. The quantitative estimate of drug-likeness (QED) is 0.797. The first-order valence-corrected chi connectivity index (χ1v) is 6.45. The van der Waals surface area contributed by atoms with Gasteiger partial charge in [-0.2, -0.15) is 0 Å². The van der Waals surface area contributed by atoms with Gasteiger partial charge in [-0.3, -0.25) is 0 Å². The van der Waals surface area contributed by atoms with Crippen LogP contribution in [0.3, 0.4) is 0 Å². The van der Waals surface area contributed by atoms with E-state index < -0.39 is 5.97 Å². The van der Waals surface area contributed by atoms with E-state index in [2.05, 4.69) is 0 Å². The van der Waals surface area contributed by atoms with Gasteiger partial charge in [0.05, 0.1) is 6.61 Å². The summed E-state index contributed by atoms with van der Waals surface area (Å²) in [5, 5.41) is 8.60. The third-order valence-electron chi connectivity index (χ3n) is 4.80. The third-order valence-corrected chi connectivity index (χ3v) is 4.80. The Bertz CT molecular complexity index is 262. The fourth-order valence-electron chi connectivity index (χ4n) is 4.82. The molecule has 4 saturated carbocycles. The summed E-state index contributed by atoms with van der Waals surface area (Å²) in [5.74, 6) is 1.91. The van der Waals surface area contributed by atoms with Gasteiger partial charge in [0.1, 0.15) is 6.61 Å². The van der Waals surface area contributed by atoms with Crippen LogP contribution in [0.2, 0.25) is 0 Å². The van der Waals surface area contributed by atoms with E-state index in [-0.39, 0.29) is 6.61 Å². The van der Waals surface area contributed by atoms with Gasteiger partial charge in [-0.15, -0.1) is 0 Å². The largest absolute Gasteiger partial charge is 0.480 e. The second kappa shape index (κ2) is 3.73. The molecule has 3 heteroatoms. The van der Waals surface area contributed by atoms with Gasteiger partial charge in [0.25, 0.3) is 0 Å². The molecule has 4 aliphatic carbocycles. The molecule has 4 rings (SSSR count).